The molecule has 1 aliphatic rings. The third-order valence-electron chi connectivity index (χ3n) is 1.49. The Balaban J connectivity index is 2.14. The quantitative estimate of drug-likeness (QED) is 0.603. The Bertz CT molecular complexity index is 222. The summed E-state index contributed by atoms with van der Waals surface area (Å²) >= 11 is 1.69. The van der Waals surface area contributed by atoms with Crippen LogP contribution in [-0.4, -0.2) is 12.9 Å². The number of rotatable bonds is 1. The van der Waals surface area contributed by atoms with Crippen LogP contribution in [0.1, 0.15) is 11.7 Å². The molecular formula is C7H7NOS. The van der Waals surface area contributed by atoms with Gasteiger partial charge in [0.05, 0.1) is 6.54 Å². The Hall–Kier alpha value is -0.830. The first-order chi connectivity index (χ1) is 4.97. The molecule has 1 unspecified atom stereocenters. The van der Waals surface area contributed by atoms with Gasteiger partial charge in [0.2, 0.25) is 0 Å². The molecule has 0 fully saturated rings. The second-order valence-corrected chi connectivity index (χ2v) is 2.93. The lowest BCUT2D eigenvalue weighted by Crippen LogP contribution is -1.97. The molecule has 1 atom stereocenters. The molecule has 2 rings (SSSR count). The lowest BCUT2D eigenvalue weighted by molar-refractivity contribution is 0.240. The Morgan fingerprint density at radius 3 is 3.30 bits per heavy atom. The Morgan fingerprint density at radius 1 is 1.70 bits per heavy atom. The van der Waals surface area contributed by atoms with E-state index in [1.165, 1.54) is 12.0 Å². The molecule has 2 nitrogen and oxygen atoms in total. The Kier molecular flexibility index (Phi) is 1.43. The lowest BCUT2D eigenvalue weighted by Gasteiger charge is -2.04. The van der Waals surface area contributed by atoms with Crippen LogP contribution < -0.4 is 0 Å². The van der Waals surface area contributed by atoms with Gasteiger partial charge in [-0.1, -0.05) is 0 Å². The van der Waals surface area contributed by atoms with Crippen molar-refractivity contribution in [1.29, 1.82) is 0 Å². The van der Waals surface area contributed by atoms with Gasteiger partial charge in [0.25, 0.3) is 0 Å². The minimum atomic E-state index is 0.186. The van der Waals surface area contributed by atoms with Crippen molar-refractivity contribution in [3.8, 4) is 0 Å². The van der Waals surface area contributed by atoms with Gasteiger partial charge in [-0.3, -0.25) is 4.99 Å². The summed E-state index contributed by atoms with van der Waals surface area (Å²) in [7, 11) is 0. The van der Waals surface area contributed by atoms with Crippen molar-refractivity contribution in [3.05, 3.63) is 22.4 Å². The maximum Gasteiger partial charge on any atom is 0.170 e. The SMILES string of the molecule is C1=NCC(c2ccsc2)O1. The van der Waals surface area contributed by atoms with Crippen molar-refractivity contribution in [1.82, 2.24) is 0 Å². The summed E-state index contributed by atoms with van der Waals surface area (Å²) in [4.78, 5) is 3.98. The number of ether oxygens (including phenoxy) is 1. The van der Waals surface area contributed by atoms with E-state index in [0.717, 1.165) is 6.54 Å². The van der Waals surface area contributed by atoms with E-state index in [1.807, 2.05) is 0 Å². The molecule has 10 heavy (non-hydrogen) atoms. The van der Waals surface area contributed by atoms with Gasteiger partial charge in [0.15, 0.2) is 6.40 Å². The van der Waals surface area contributed by atoms with Crippen molar-refractivity contribution in [2.45, 2.75) is 6.10 Å². The fraction of sp³-hybridized carbons (Fsp3) is 0.286. The fourth-order valence-electron chi connectivity index (χ4n) is 0.940. The zero-order valence-electron chi connectivity index (χ0n) is 5.36. The second-order valence-electron chi connectivity index (χ2n) is 2.15. The summed E-state index contributed by atoms with van der Waals surface area (Å²) in [5.41, 5.74) is 1.24. The van der Waals surface area contributed by atoms with Crippen LogP contribution in [0.4, 0.5) is 0 Å². The molecule has 0 N–H and O–H groups in total. The van der Waals surface area contributed by atoms with E-state index in [2.05, 4.69) is 21.8 Å². The number of nitrogens with zero attached hydrogens (tertiary/aromatic N) is 1. The van der Waals surface area contributed by atoms with Crippen LogP contribution in [0.15, 0.2) is 21.8 Å². The highest BCUT2D eigenvalue weighted by atomic mass is 32.1. The zero-order valence-corrected chi connectivity index (χ0v) is 6.17. The van der Waals surface area contributed by atoms with Gasteiger partial charge in [-0.25, -0.2) is 0 Å². The van der Waals surface area contributed by atoms with Crippen LogP contribution >= 0.6 is 11.3 Å². The van der Waals surface area contributed by atoms with E-state index in [4.69, 9.17) is 4.74 Å². The van der Waals surface area contributed by atoms with Crippen LogP contribution in [0.25, 0.3) is 0 Å². The average Bonchev–Trinajstić information content (AvgIpc) is 2.59. The maximum absolute atomic E-state index is 5.21. The van der Waals surface area contributed by atoms with Crippen molar-refractivity contribution >= 4 is 17.7 Å². The molecule has 0 aromatic carbocycles. The molecule has 2 heterocycles. The van der Waals surface area contributed by atoms with Gasteiger partial charge in [-0.05, 0) is 16.8 Å². The summed E-state index contributed by atoms with van der Waals surface area (Å²) in [6.45, 7) is 0.775. The third-order valence-corrected chi connectivity index (χ3v) is 2.19. The monoisotopic (exact) mass is 153 g/mol. The van der Waals surface area contributed by atoms with Crippen molar-refractivity contribution in [2.24, 2.45) is 4.99 Å². The van der Waals surface area contributed by atoms with Gasteiger partial charge < -0.3 is 4.74 Å². The predicted molar refractivity (Wildman–Crippen MR) is 41.5 cm³/mol. The van der Waals surface area contributed by atoms with E-state index in [9.17, 15) is 0 Å². The summed E-state index contributed by atoms with van der Waals surface area (Å²) < 4.78 is 5.21. The van der Waals surface area contributed by atoms with Crippen molar-refractivity contribution in [2.75, 3.05) is 6.54 Å². The van der Waals surface area contributed by atoms with Crippen LogP contribution in [-0.2, 0) is 4.74 Å². The topological polar surface area (TPSA) is 21.6 Å². The molecule has 0 aliphatic carbocycles. The summed E-state index contributed by atoms with van der Waals surface area (Å²) in [5, 5.41) is 4.15. The number of hydrogen-bond donors (Lipinski definition) is 0. The van der Waals surface area contributed by atoms with E-state index < -0.39 is 0 Å². The highest BCUT2D eigenvalue weighted by Gasteiger charge is 2.14. The highest BCUT2D eigenvalue weighted by Crippen LogP contribution is 2.22. The highest BCUT2D eigenvalue weighted by molar-refractivity contribution is 7.07. The molecule has 52 valence electrons. The molecule has 3 heteroatoms. The summed E-state index contributed by atoms with van der Waals surface area (Å²) in [5.74, 6) is 0. The normalized spacial score (nSPS) is 23.0. The fourth-order valence-corrected chi connectivity index (χ4v) is 1.64. The van der Waals surface area contributed by atoms with Crippen LogP contribution in [0, 0.1) is 0 Å². The predicted octanol–water partition coefficient (Wildman–Crippen LogP) is 1.85. The first-order valence-electron chi connectivity index (χ1n) is 3.12. The minimum absolute atomic E-state index is 0.186. The zero-order chi connectivity index (χ0) is 6.81. The molecular weight excluding hydrogens is 146 g/mol. The molecule has 1 aliphatic heterocycles. The third kappa shape index (κ3) is 0.926. The first-order valence-corrected chi connectivity index (χ1v) is 4.07. The van der Waals surface area contributed by atoms with Crippen LogP contribution in [0.2, 0.25) is 0 Å². The van der Waals surface area contributed by atoms with Gasteiger partial charge in [0.1, 0.15) is 6.10 Å². The first kappa shape index (κ1) is 5.92. The number of aliphatic imine (C=N–C) groups is 1. The second kappa shape index (κ2) is 2.42. The van der Waals surface area contributed by atoms with Crippen LogP contribution in [0.3, 0.4) is 0 Å². The molecule has 0 spiro atoms. The molecule has 0 amide bonds. The number of thiophene rings is 1. The average molecular weight is 153 g/mol. The molecule has 1 aromatic rings. The minimum Gasteiger partial charge on any atom is -0.474 e. The Labute approximate surface area is 63.2 Å². The van der Waals surface area contributed by atoms with E-state index in [1.54, 1.807) is 11.3 Å². The summed E-state index contributed by atoms with van der Waals surface area (Å²) in [6.07, 6.45) is 1.72. The van der Waals surface area contributed by atoms with Gasteiger partial charge in [0, 0.05) is 5.56 Å². The molecule has 1 aromatic heterocycles. The Morgan fingerprint density at radius 2 is 2.70 bits per heavy atom. The largest absolute Gasteiger partial charge is 0.474 e. The van der Waals surface area contributed by atoms with Crippen LogP contribution in [0.5, 0.6) is 0 Å². The van der Waals surface area contributed by atoms with Crippen molar-refractivity contribution < 1.29 is 4.74 Å². The molecule has 0 saturated heterocycles. The lowest BCUT2D eigenvalue weighted by atomic mass is 10.2. The summed E-state index contributed by atoms with van der Waals surface area (Å²) in [6, 6.07) is 2.07. The van der Waals surface area contributed by atoms with Gasteiger partial charge in [-0.15, -0.1) is 0 Å². The van der Waals surface area contributed by atoms with E-state index in [0.29, 0.717) is 0 Å². The van der Waals surface area contributed by atoms with Gasteiger partial charge >= 0.3 is 0 Å². The number of hydrogen-bond acceptors (Lipinski definition) is 3. The molecule has 0 bridgehead atoms. The van der Waals surface area contributed by atoms with E-state index in [-0.39, 0.29) is 6.10 Å². The van der Waals surface area contributed by atoms with Crippen molar-refractivity contribution in [3.63, 3.8) is 0 Å². The van der Waals surface area contributed by atoms with Gasteiger partial charge in [-0.2, -0.15) is 11.3 Å². The molecule has 0 radical (unpaired) electrons. The molecule has 0 saturated carbocycles. The smallest absolute Gasteiger partial charge is 0.170 e. The maximum atomic E-state index is 5.21. The standard InChI is InChI=1S/C7H7NOS/c1-2-10-4-6(1)7-3-8-5-9-7/h1-2,4-5,7H,3H2. The van der Waals surface area contributed by atoms with E-state index >= 15 is 0 Å².